The Bertz CT molecular complexity index is 1130. The molecule has 5 nitrogen and oxygen atoms in total. The van der Waals surface area contributed by atoms with Gasteiger partial charge in [-0.15, -0.1) is 0 Å². The van der Waals surface area contributed by atoms with E-state index in [0.717, 1.165) is 12.1 Å². The maximum atomic E-state index is 12.9. The smallest absolute Gasteiger partial charge is 0.417 e. The molecule has 0 aliphatic rings. The van der Waals surface area contributed by atoms with Crippen LogP contribution in [0.4, 0.5) is 18.9 Å². The number of hydrogen-bond acceptors (Lipinski definition) is 4. The zero-order valence-corrected chi connectivity index (χ0v) is 16.2. The van der Waals surface area contributed by atoms with Crippen LogP contribution in [0.2, 0.25) is 5.02 Å². The van der Waals surface area contributed by atoms with Gasteiger partial charge in [-0.25, -0.2) is 13.1 Å². The number of aliphatic imine (C=N–C) groups is 1. The van der Waals surface area contributed by atoms with Crippen molar-refractivity contribution in [3.63, 3.8) is 0 Å². The van der Waals surface area contributed by atoms with E-state index in [2.05, 4.69) is 9.71 Å². The molecule has 1 aromatic heterocycles. The topological polar surface area (TPSA) is 71.7 Å². The Balaban J connectivity index is 1.68. The van der Waals surface area contributed by atoms with Crippen LogP contribution in [0.5, 0.6) is 0 Å². The number of nitrogens with zero attached hydrogens (tertiary/aromatic N) is 1. The van der Waals surface area contributed by atoms with Crippen molar-refractivity contribution < 1.29 is 26.0 Å². The average molecular weight is 443 g/mol. The zero-order valence-electron chi connectivity index (χ0n) is 14.7. The fraction of sp³-hybridized carbons (Fsp3) is 0.105. The molecule has 29 heavy (non-hydrogen) atoms. The van der Waals surface area contributed by atoms with Gasteiger partial charge in [-0.05, 0) is 42.5 Å². The average Bonchev–Trinajstić information content (AvgIpc) is 3.14. The van der Waals surface area contributed by atoms with Crippen LogP contribution in [-0.4, -0.2) is 14.6 Å². The summed E-state index contributed by atoms with van der Waals surface area (Å²) in [5, 5.41) is -0.414. The Hall–Kier alpha value is -2.62. The summed E-state index contributed by atoms with van der Waals surface area (Å²) < 4.78 is 70.9. The first-order chi connectivity index (χ1) is 13.6. The van der Waals surface area contributed by atoms with Gasteiger partial charge in [0.1, 0.15) is 11.5 Å². The fourth-order valence-electron chi connectivity index (χ4n) is 2.36. The number of rotatable bonds is 6. The quantitative estimate of drug-likeness (QED) is 0.534. The fourth-order valence-corrected chi connectivity index (χ4v) is 3.60. The highest BCUT2D eigenvalue weighted by Crippen LogP contribution is 2.36. The van der Waals surface area contributed by atoms with Crippen LogP contribution >= 0.6 is 11.6 Å². The maximum Gasteiger partial charge on any atom is 0.417 e. The van der Waals surface area contributed by atoms with Gasteiger partial charge in [0, 0.05) is 0 Å². The van der Waals surface area contributed by atoms with Gasteiger partial charge >= 0.3 is 6.18 Å². The lowest BCUT2D eigenvalue weighted by molar-refractivity contribution is -0.137. The van der Waals surface area contributed by atoms with Gasteiger partial charge in [0.15, 0.2) is 0 Å². The normalized spacial score (nSPS) is 12.6. The Morgan fingerprint density at radius 2 is 1.79 bits per heavy atom. The van der Waals surface area contributed by atoms with Crippen molar-refractivity contribution in [2.45, 2.75) is 17.6 Å². The molecule has 0 amide bonds. The molecule has 1 N–H and O–H groups in total. The lowest BCUT2D eigenvalue weighted by Crippen LogP contribution is -2.22. The third-order valence-electron chi connectivity index (χ3n) is 3.77. The molecule has 0 atom stereocenters. The summed E-state index contributed by atoms with van der Waals surface area (Å²) in [5.41, 5.74) is -0.936. The van der Waals surface area contributed by atoms with Crippen molar-refractivity contribution in [3.05, 3.63) is 82.8 Å². The first-order valence-corrected chi connectivity index (χ1v) is 10.1. The van der Waals surface area contributed by atoms with Gasteiger partial charge in [0.2, 0.25) is 10.0 Å². The van der Waals surface area contributed by atoms with Gasteiger partial charge < -0.3 is 4.42 Å². The highest BCUT2D eigenvalue weighted by molar-refractivity contribution is 7.89. The highest BCUT2D eigenvalue weighted by Gasteiger charge is 2.33. The summed E-state index contributed by atoms with van der Waals surface area (Å²) in [4.78, 5) is 4.07. The zero-order chi connectivity index (χ0) is 21.1. The summed E-state index contributed by atoms with van der Waals surface area (Å²) in [6, 6.07) is 14.2. The van der Waals surface area contributed by atoms with Crippen LogP contribution < -0.4 is 4.72 Å². The minimum Gasteiger partial charge on any atom is -0.459 e. The molecule has 3 aromatic rings. The van der Waals surface area contributed by atoms with Crippen molar-refractivity contribution in [1.82, 2.24) is 4.72 Å². The minimum atomic E-state index is -4.59. The molecule has 2 aromatic carbocycles. The van der Waals surface area contributed by atoms with E-state index < -0.39 is 26.8 Å². The molecule has 152 valence electrons. The molecule has 10 heteroatoms. The second-order valence-electron chi connectivity index (χ2n) is 5.86. The van der Waals surface area contributed by atoms with E-state index >= 15 is 0 Å². The molecule has 0 spiro atoms. The van der Waals surface area contributed by atoms with E-state index in [-0.39, 0.29) is 22.9 Å². The standard InChI is InChI=1S/C19H14ClF3N2O3S/c20-18-9-6-13(10-17(18)19(21,22)23)24-11-14-7-8-15(28-14)12-25-29(26,27)16-4-2-1-3-5-16/h1-11,25H,12H2. The van der Waals surface area contributed by atoms with E-state index in [1.165, 1.54) is 36.5 Å². The highest BCUT2D eigenvalue weighted by atomic mass is 35.5. The maximum absolute atomic E-state index is 12.9. The van der Waals surface area contributed by atoms with Crippen molar-refractivity contribution in [3.8, 4) is 0 Å². The Kier molecular flexibility index (Phi) is 6.11. The van der Waals surface area contributed by atoms with E-state index in [9.17, 15) is 21.6 Å². The van der Waals surface area contributed by atoms with Crippen LogP contribution in [0, 0.1) is 0 Å². The second-order valence-corrected chi connectivity index (χ2v) is 8.04. The second kappa shape index (κ2) is 8.40. The molecule has 0 unspecified atom stereocenters. The van der Waals surface area contributed by atoms with Crippen LogP contribution in [0.25, 0.3) is 0 Å². The molecular formula is C19H14ClF3N2O3S. The molecule has 0 saturated carbocycles. The van der Waals surface area contributed by atoms with E-state index in [1.54, 1.807) is 18.2 Å². The Labute approximate surface area is 169 Å². The molecular weight excluding hydrogens is 429 g/mol. The third kappa shape index (κ3) is 5.47. The number of sulfonamides is 1. The monoisotopic (exact) mass is 442 g/mol. The SMILES string of the molecule is O=S(=O)(NCc1ccc(C=Nc2ccc(Cl)c(C(F)(F)F)c2)o1)c1ccccc1. The molecule has 0 aliphatic carbocycles. The summed E-state index contributed by atoms with van der Waals surface area (Å²) in [5.74, 6) is 0.570. The number of hydrogen-bond donors (Lipinski definition) is 1. The molecule has 0 fully saturated rings. The predicted octanol–water partition coefficient (Wildman–Crippen LogP) is 5.18. The van der Waals surface area contributed by atoms with E-state index in [4.69, 9.17) is 16.0 Å². The van der Waals surface area contributed by atoms with Gasteiger partial charge in [-0.2, -0.15) is 13.2 Å². The third-order valence-corrected chi connectivity index (χ3v) is 5.52. The van der Waals surface area contributed by atoms with Gasteiger partial charge in [0.05, 0.1) is 33.9 Å². The molecule has 0 radical (unpaired) electrons. The molecule has 0 aliphatic heterocycles. The van der Waals surface area contributed by atoms with Crippen LogP contribution in [-0.2, 0) is 22.7 Å². The van der Waals surface area contributed by atoms with Gasteiger partial charge in [-0.3, -0.25) is 4.99 Å². The summed E-state index contributed by atoms with van der Waals surface area (Å²) >= 11 is 5.57. The van der Waals surface area contributed by atoms with Crippen molar-refractivity contribution in [1.29, 1.82) is 0 Å². The van der Waals surface area contributed by atoms with E-state index in [0.29, 0.717) is 5.76 Å². The van der Waals surface area contributed by atoms with Crippen LogP contribution in [0.1, 0.15) is 17.1 Å². The van der Waals surface area contributed by atoms with Crippen molar-refractivity contribution in [2.75, 3.05) is 0 Å². The van der Waals surface area contributed by atoms with Crippen molar-refractivity contribution >= 4 is 33.5 Å². The minimum absolute atomic E-state index is 0.0458. The number of furan rings is 1. The van der Waals surface area contributed by atoms with Gasteiger partial charge in [0.25, 0.3) is 0 Å². The summed E-state index contributed by atoms with van der Waals surface area (Å²) in [7, 11) is -3.69. The number of alkyl halides is 3. The molecule has 3 rings (SSSR count). The molecule has 1 heterocycles. The molecule has 0 bridgehead atoms. The molecule has 0 saturated heterocycles. The van der Waals surface area contributed by atoms with Crippen LogP contribution in [0.3, 0.4) is 0 Å². The van der Waals surface area contributed by atoms with E-state index in [1.807, 2.05) is 0 Å². The lowest BCUT2D eigenvalue weighted by atomic mass is 10.2. The lowest BCUT2D eigenvalue weighted by Gasteiger charge is -2.08. The first-order valence-electron chi connectivity index (χ1n) is 8.19. The Morgan fingerprint density at radius 1 is 1.07 bits per heavy atom. The Morgan fingerprint density at radius 3 is 2.48 bits per heavy atom. The predicted molar refractivity (Wildman–Crippen MR) is 103 cm³/mol. The summed E-state index contributed by atoms with van der Waals surface area (Å²) in [6.45, 7) is -0.0930. The van der Waals surface area contributed by atoms with Crippen molar-refractivity contribution in [2.24, 2.45) is 4.99 Å². The number of nitrogens with one attached hydrogen (secondary N) is 1. The first kappa shape index (κ1) is 21.1. The van der Waals surface area contributed by atoms with Crippen LogP contribution in [0.15, 0.2) is 75.0 Å². The number of benzene rings is 2. The summed E-state index contributed by atoms with van der Waals surface area (Å²) in [6.07, 6.45) is -3.35. The number of halogens is 4. The van der Waals surface area contributed by atoms with Gasteiger partial charge in [-0.1, -0.05) is 29.8 Å². The largest absolute Gasteiger partial charge is 0.459 e.